The van der Waals surface area contributed by atoms with Crippen LogP contribution in [-0.4, -0.2) is 24.9 Å². The number of hydrazine groups is 1. The van der Waals surface area contributed by atoms with Crippen molar-refractivity contribution in [1.82, 2.24) is 10.3 Å². The van der Waals surface area contributed by atoms with E-state index in [9.17, 15) is 4.79 Å². The van der Waals surface area contributed by atoms with Gasteiger partial charge in [-0.2, -0.15) is 0 Å². The minimum Gasteiger partial charge on any atom is -0.289 e. The minimum atomic E-state index is 0.177. The van der Waals surface area contributed by atoms with Gasteiger partial charge in [-0.15, -0.1) is 0 Å². The summed E-state index contributed by atoms with van der Waals surface area (Å²) in [6.45, 7) is 2.72. The second kappa shape index (κ2) is 3.61. The Balaban J connectivity index is 2.31. The highest BCUT2D eigenvalue weighted by atomic mass is 16.2. The molecule has 1 heterocycles. The molecule has 0 spiro atoms. The van der Waals surface area contributed by atoms with E-state index in [1.54, 1.807) is 5.01 Å². The lowest BCUT2D eigenvalue weighted by molar-refractivity contribution is -0.132. The molecule has 1 aliphatic heterocycles. The molecule has 3 nitrogen and oxygen atoms in total. The fraction of sp³-hybridized carbons (Fsp3) is 0.833. The highest BCUT2D eigenvalue weighted by molar-refractivity contribution is 6.32. The van der Waals surface area contributed by atoms with Gasteiger partial charge in [-0.1, -0.05) is 13.2 Å². The molecule has 10 heavy (non-hydrogen) atoms. The van der Waals surface area contributed by atoms with E-state index < -0.39 is 0 Å². The molecule has 1 N–H and O–H groups in total. The van der Waals surface area contributed by atoms with Crippen LogP contribution in [0.25, 0.3) is 0 Å². The fourth-order valence-corrected chi connectivity index (χ4v) is 0.978. The van der Waals surface area contributed by atoms with Crippen LogP contribution in [0.15, 0.2) is 0 Å². The lowest BCUT2D eigenvalue weighted by Gasteiger charge is -2.26. The predicted molar refractivity (Wildman–Crippen MR) is 40.3 cm³/mol. The fourth-order valence-electron chi connectivity index (χ4n) is 0.978. The van der Waals surface area contributed by atoms with Crippen molar-refractivity contribution in [3.63, 3.8) is 0 Å². The van der Waals surface area contributed by atoms with E-state index in [1.165, 1.54) is 0 Å². The number of nitrogens with zero attached hydrogens (tertiary/aromatic N) is 1. The van der Waals surface area contributed by atoms with Crippen molar-refractivity contribution in [1.29, 1.82) is 0 Å². The zero-order chi connectivity index (χ0) is 7.40. The van der Waals surface area contributed by atoms with Gasteiger partial charge in [-0.3, -0.25) is 15.1 Å². The van der Waals surface area contributed by atoms with Crippen molar-refractivity contribution in [3.05, 3.63) is 0 Å². The smallest absolute Gasteiger partial charge is 0.235 e. The summed E-state index contributed by atoms with van der Waals surface area (Å²) in [7, 11) is 1.93. The Labute approximate surface area is 62.0 Å². The van der Waals surface area contributed by atoms with Crippen LogP contribution in [0.4, 0.5) is 0 Å². The predicted octanol–water partition coefficient (Wildman–Crippen LogP) is 0.171. The van der Waals surface area contributed by atoms with E-state index in [-0.39, 0.29) is 5.91 Å². The lowest BCUT2D eigenvalue weighted by Crippen LogP contribution is -2.48. The maximum atomic E-state index is 11.0. The summed E-state index contributed by atoms with van der Waals surface area (Å²) in [6, 6.07) is 0. The Bertz CT molecular complexity index is 123. The van der Waals surface area contributed by atoms with Gasteiger partial charge in [0.25, 0.3) is 0 Å². The number of amides is 1. The average Bonchev–Trinajstić information content (AvgIpc) is 2.05. The molecule has 1 rings (SSSR count). The minimum absolute atomic E-state index is 0.177. The number of carbonyl (C=O) groups is 1. The Kier molecular flexibility index (Phi) is 2.74. The molecule has 0 atom stereocenters. The Morgan fingerprint density at radius 3 is 3.10 bits per heavy atom. The number of hydrogen-bond acceptors (Lipinski definition) is 2. The van der Waals surface area contributed by atoms with Gasteiger partial charge in [0.05, 0.1) is 0 Å². The summed E-state index contributed by atoms with van der Waals surface area (Å²) in [4.78, 5) is 11.0. The molecule has 0 aromatic rings. The summed E-state index contributed by atoms with van der Waals surface area (Å²) < 4.78 is 0. The van der Waals surface area contributed by atoms with E-state index >= 15 is 0 Å². The summed E-state index contributed by atoms with van der Waals surface area (Å²) >= 11 is 0. The van der Waals surface area contributed by atoms with Gasteiger partial charge in [-0.25, -0.2) is 0 Å². The Morgan fingerprint density at radius 1 is 1.80 bits per heavy atom. The van der Waals surface area contributed by atoms with Gasteiger partial charge in [0, 0.05) is 13.0 Å². The molecule has 0 saturated carbocycles. The van der Waals surface area contributed by atoms with Crippen molar-refractivity contribution in [2.24, 2.45) is 0 Å². The number of nitrogens with one attached hydrogen (secondary N) is 1. The first-order chi connectivity index (χ1) is 4.84. The van der Waals surface area contributed by atoms with Crippen LogP contribution in [0.3, 0.4) is 0 Å². The summed E-state index contributed by atoms with van der Waals surface area (Å²) in [5.74, 6) is 0.177. The SMILES string of the molecule is CCC(=O)N1CCC[B]N1. The van der Waals surface area contributed by atoms with Crippen molar-refractivity contribution >= 4 is 13.3 Å². The molecular formula is C6H12BN2O. The van der Waals surface area contributed by atoms with Crippen LogP contribution in [-0.2, 0) is 4.79 Å². The first-order valence-corrected chi connectivity index (χ1v) is 3.73. The molecule has 0 aromatic carbocycles. The molecule has 1 fully saturated rings. The Hall–Kier alpha value is -0.505. The second-order valence-corrected chi connectivity index (χ2v) is 2.37. The van der Waals surface area contributed by atoms with Gasteiger partial charge in [0.1, 0.15) is 0 Å². The summed E-state index contributed by atoms with van der Waals surface area (Å²) in [5.41, 5.74) is 0. The summed E-state index contributed by atoms with van der Waals surface area (Å²) in [5, 5.41) is 4.60. The average molecular weight is 139 g/mol. The van der Waals surface area contributed by atoms with Crippen LogP contribution < -0.4 is 5.34 Å². The Morgan fingerprint density at radius 2 is 2.60 bits per heavy atom. The topological polar surface area (TPSA) is 32.3 Å². The molecule has 0 aliphatic carbocycles. The van der Waals surface area contributed by atoms with Gasteiger partial charge in [0.2, 0.25) is 13.3 Å². The van der Waals surface area contributed by atoms with Gasteiger partial charge >= 0.3 is 0 Å². The third-order valence-electron chi connectivity index (χ3n) is 1.58. The highest BCUT2D eigenvalue weighted by Crippen LogP contribution is 2.00. The zero-order valence-electron chi connectivity index (χ0n) is 6.26. The number of hydrogen-bond donors (Lipinski definition) is 1. The molecule has 1 saturated heterocycles. The maximum absolute atomic E-state index is 11.0. The standard InChI is InChI=1S/C6H12BN2O/c1-2-6(10)9-5-3-4-7-8-9/h8H,2-5H2,1H3. The summed E-state index contributed by atoms with van der Waals surface area (Å²) in [6.07, 6.45) is 2.73. The second-order valence-electron chi connectivity index (χ2n) is 2.37. The third-order valence-corrected chi connectivity index (χ3v) is 1.58. The maximum Gasteiger partial charge on any atom is 0.235 e. The zero-order valence-corrected chi connectivity index (χ0v) is 6.26. The van der Waals surface area contributed by atoms with Gasteiger partial charge in [0.15, 0.2) is 0 Å². The molecule has 1 radical (unpaired) electrons. The van der Waals surface area contributed by atoms with Crippen molar-refractivity contribution < 1.29 is 4.79 Å². The van der Waals surface area contributed by atoms with Gasteiger partial charge < -0.3 is 0 Å². The van der Waals surface area contributed by atoms with Crippen LogP contribution in [0.1, 0.15) is 19.8 Å². The van der Waals surface area contributed by atoms with Crippen LogP contribution in [0, 0.1) is 0 Å². The highest BCUT2D eigenvalue weighted by Gasteiger charge is 2.13. The molecule has 1 amide bonds. The monoisotopic (exact) mass is 139 g/mol. The number of rotatable bonds is 1. The largest absolute Gasteiger partial charge is 0.289 e. The van der Waals surface area contributed by atoms with E-state index in [1.807, 2.05) is 14.3 Å². The molecule has 0 aromatic heterocycles. The van der Waals surface area contributed by atoms with E-state index in [0.29, 0.717) is 6.42 Å². The van der Waals surface area contributed by atoms with E-state index in [0.717, 1.165) is 19.3 Å². The van der Waals surface area contributed by atoms with E-state index in [2.05, 4.69) is 5.34 Å². The normalized spacial score (nSPS) is 18.3. The molecule has 55 valence electrons. The van der Waals surface area contributed by atoms with E-state index in [4.69, 9.17) is 0 Å². The van der Waals surface area contributed by atoms with Gasteiger partial charge in [-0.05, 0) is 6.42 Å². The first-order valence-electron chi connectivity index (χ1n) is 3.73. The molecule has 0 bridgehead atoms. The quantitative estimate of drug-likeness (QED) is 0.525. The van der Waals surface area contributed by atoms with Crippen LogP contribution in [0.2, 0.25) is 6.32 Å². The third kappa shape index (κ3) is 1.74. The molecule has 1 aliphatic rings. The van der Waals surface area contributed by atoms with Crippen LogP contribution >= 0.6 is 0 Å². The van der Waals surface area contributed by atoms with Crippen molar-refractivity contribution in [2.75, 3.05) is 6.54 Å². The van der Waals surface area contributed by atoms with Crippen molar-refractivity contribution in [3.8, 4) is 0 Å². The molecule has 0 unspecified atom stereocenters. The first kappa shape index (κ1) is 7.60. The molecule has 4 heteroatoms. The molecular weight excluding hydrogens is 127 g/mol. The lowest BCUT2D eigenvalue weighted by atomic mass is 9.86. The van der Waals surface area contributed by atoms with Crippen LogP contribution in [0.5, 0.6) is 0 Å². The number of carbonyl (C=O) groups excluding carboxylic acids is 1. The van der Waals surface area contributed by atoms with Crippen molar-refractivity contribution in [2.45, 2.75) is 26.1 Å².